The second-order valence-corrected chi connectivity index (χ2v) is 12.3. The minimum absolute atomic E-state index is 0.313. The van der Waals surface area contributed by atoms with E-state index in [-0.39, 0.29) is 0 Å². The quantitative estimate of drug-likeness (QED) is 0.419. The minimum Gasteiger partial charge on any atom is -0.299 e. The van der Waals surface area contributed by atoms with Gasteiger partial charge in [0, 0.05) is 12.8 Å². The van der Waals surface area contributed by atoms with Crippen LogP contribution in [0.1, 0.15) is 99.3 Å². The Balaban J connectivity index is 1.53. The molecule has 4 aliphatic carbocycles. The van der Waals surface area contributed by atoms with E-state index in [1.54, 1.807) is 0 Å². The monoisotopic (exact) mass is 410 g/mol. The predicted octanol–water partition coefficient (Wildman–Crippen LogP) is 8.01. The number of Topliss-reactive ketones (excluding diaryl/α,β-unsaturated/α-hetero) is 1. The highest BCUT2D eigenvalue weighted by Gasteiger charge is 2.58. The molecular formula is C29H46O. The van der Waals surface area contributed by atoms with E-state index in [1.807, 2.05) is 0 Å². The van der Waals surface area contributed by atoms with Crippen LogP contribution in [-0.4, -0.2) is 5.78 Å². The molecule has 0 unspecified atom stereocenters. The number of hydrogen-bond donors (Lipinski definition) is 0. The highest BCUT2D eigenvalue weighted by atomic mass is 16.1. The molecule has 30 heavy (non-hydrogen) atoms. The number of hydrogen-bond acceptors (Lipinski definition) is 1. The predicted molar refractivity (Wildman–Crippen MR) is 127 cm³/mol. The molecule has 3 fully saturated rings. The topological polar surface area (TPSA) is 17.1 Å². The first kappa shape index (κ1) is 22.3. The van der Waals surface area contributed by atoms with Gasteiger partial charge in [0.25, 0.3) is 0 Å². The highest BCUT2D eigenvalue weighted by Crippen LogP contribution is 2.67. The molecule has 4 rings (SSSR count). The van der Waals surface area contributed by atoms with Crippen LogP contribution in [0.5, 0.6) is 0 Å². The van der Waals surface area contributed by atoms with Crippen molar-refractivity contribution in [2.75, 3.05) is 0 Å². The van der Waals surface area contributed by atoms with Gasteiger partial charge in [-0.05, 0) is 97.2 Å². The van der Waals surface area contributed by atoms with Crippen LogP contribution < -0.4 is 0 Å². The Morgan fingerprint density at radius 1 is 1.07 bits per heavy atom. The van der Waals surface area contributed by atoms with Gasteiger partial charge in [-0.2, -0.15) is 0 Å². The summed E-state index contributed by atoms with van der Waals surface area (Å²) in [5.41, 5.74) is 2.33. The van der Waals surface area contributed by atoms with Gasteiger partial charge in [0.1, 0.15) is 5.78 Å². The molecule has 0 N–H and O–H groups in total. The molecule has 1 heteroatoms. The van der Waals surface area contributed by atoms with E-state index >= 15 is 0 Å². The lowest BCUT2D eigenvalue weighted by Crippen LogP contribution is -2.50. The molecule has 8 atom stereocenters. The normalized spacial score (nSPS) is 43.2. The van der Waals surface area contributed by atoms with Crippen molar-refractivity contribution in [2.45, 2.75) is 99.3 Å². The zero-order valence-electron chi connectivity index (χ0n) is 20.5. The standard InChI is InChI=1S/C29H46O/c1-7-21(19(2)3)9-8-20(4)25-12-13-26-24-11-10-22-18-23(30)14-16-28(22,5)27(24)15-17-29(25,26)6/h8-10,19-21,24-27H,7,11-18H2,1-6H3/b9-8+/t20-,21-,24-,25+,26+,27-,28-,29+/m0/s1. The average Bonchev–Trinajstić information content (AvgIpc) is 3.06. The van der Waals surface area contributed by atoms with Gasteiger partial charge in [0.05, 0.1) is 0 Å². The van der Waals surface area contributed by atoms with E-state index in [1.165, 1.54) is 44.1 Å². The summed E-state index contributed by atoms with van der Waals surface area (Å²) in [4.78, 5) is 12.1. The van der Waals surface area contributed by atoms with Crippen molar-refractivity contribution in [1.82, 2.24) is 0 Å². The average molecular weight is 411 g/mol. The second kappa shape index (κ2) is 8.25. The number of rotatable bonds is 5. The first-order valence-electron chi connectivity index (χ1n) is 13.1. The van der Waals surface area contributed by atoms with Crippen molar-refractivity contribution in [3.8, 4) is 0 Å². The zero-order valence-corrected chi connectivity index (χ0v) is 20.5. The van der Waals surface area contributed by atoms with E-state index in [0.717, 1.165) is 54.8 Å². The molecule has 0 radical (unpaired) electrons. The van der Waals surface area contributed by atoms with Crippen LogP contribution in [-0.2, 0) is 4.79 Å². The van der Waals surface area contributed by atoms with Crippen LogP contribution in [0, 0.1) is 52.3 Å². The molecule has 0 aromatic carbocycles. The first-order valence-corrected chi connectivity index (χ1v) is 13.1. The number of allylic oxidation sites excluding steroid dienone is 4. The van der Waals surface area contributed by atoms with Crippen LogP contribution >= 0.6 is 0 Å². The molecule has 0 aromatic heterocycles. The third-order valence-electron chi connectivity index (χ3n) is 10.6. The molecule has 3 saturated carbocycles. The van der Waals surface area contributed by atoms with Crippen molar-refractivity contribution >= 4 is 5.78 Å². The third-order valence-corrected chi connectivity index (χ3v) is 10.6. The van der Waals surface area contributed by atoms with Gasteiger partial charge in [-0.3, -0.25) is 4.79 Å². The first-order chi connectivity index (χ1) is 14.2. The summed E-state index contributed by atoms with van der Waals surface area (Å²) in [5, 5.41) is 0. The van der Waals surface area contributed by atoms with Gasteiger partial charge < -0.3 is 0 Å². The minimum atomic E-state index is 0.313. The molecule has 0 aromatic rings. The SMILES string of the molecule is CC[C@@H](/C=C/[C@H](C)[C@H]1CC[C@@H]2[C@@H]3CC=C4CC(=O)CC[C@]4(C)[C@H]3CC[C@@]21C)C(C)C. The fourth-order valence-electron chi connectivity index (χ4n) is 8.66. The molecule has 0 aliphatic heterocycles. The molecule has 0 saturated heterocycles. The summed E-state index contributed by atoms with van der Waals surface area (Å²) >= 11 is 0. The lowest BCUT2D eigenvalue weighted by Gasteiger charge is -2.57. The molecule has 1 nitrogen and oxygen atoms in total. The second-order valence-electron chi connectivity index (χ2n) is 12.3. The van der Waals surface area contributed by atoms with Gasteiger partial charge in [0.2, 0.25) is 0 Å². The fraction of sp³-hybridized carbons (Fsp3) is 0.828. The Bertz CT molecular complexity index is 714. The van der Waals surface area contributed by atoms with Gasteiger partial charge in [0.15, 0.2) is 0 Å². The maximum Gasteiger partial charge on any atom is 0.136 e. The van der Waals surface area contributed by atoms with Crippen molar-refractivity contribution < 1.29 is 4.79 Å². The fourth-order valence-corrected chi connectivity index (χ4v) is 8.66. The summed E-state index contributed by atoms with van der Waals surface area (Å²) in [7, 11) is 0. The summed E-state index contributed by atoms with van der Waals surface area (Å²) < 4.78 is 0. The Morgan fingerprint density at radius 3 is 2.53 bits per heavy atom. The van der Waals surface area contributed by atoms with Crippen LogP contribution in [0.4, 0.5) is 0 Å². The van der Waals surface area contributed by atoms with Crippen molar-refractivity contribution in [1.29, 1.82) is 0 Å². The molecular weight excluding hydrogens is 364 g/mol. The highest BCUT2D eigenvalue weighted by molar-refractivity contribution is 5.82. The summed E-state index contributed by atoms with van der Waals surface area (Å²) in [6.45, 7) is 14.7. The Labute approximate surface area is 186 Å². The maximum atomic E-state index is 12.1. The molecule has 168 valence electrons. The van der Waals surface area contributed by atoms with E-state index in [4.69, 9.17) is 0 Å². The summed E-state index contributed by atoms with van der Waals surface area (Å²) in [6, 6.07) is 0. The maximum absolute atomic E-state index is 12.1. The molecule has 0 heterocycles. The van der Waals surface area contributed by atoms with Crippen molar-refractivity contribution in [3.63, 3.8) is 0 Å². The number of carbonyl (C=O) groups is 1. The summed E-state index contributed by atoms with van der Waals surface area (Å²) in [6.07, 6.45) is 18.5. The Kier molecular flexibility index (Phi) is 6.15. The van der Waals surface area contributed by atoms with E-state index in [2.05, 4.69) is 59.8 Å². The molecule has 0 spiro atoms. The van der Waals surface area contributed by atoms with E-state index < -0.39 is 0 Å². The smallest absolute Gasteiger partial charge is 0.136 e. The molecule has 4 aliphatic rings. The van der Waals surface area contributed by atoms with Crippen LogP contribution in [0.25, 0.3) is 0 Å². The van der Waals surface area contributed by atoms with Crippen LogP contribution in [0.2, 0.25) is 0 Å². The number of ketones is 1. The number of carbonyl (C=O) groups excluding carboxylic acids is 1. The van der Waals surface area contributed by atoms with Crippen molar-refractivity contribution in [3.05, 3.63) is 23.8 Å². The van der Waals surface area contributed by atoms with Crippen LogP contribution in [0.3, 0.4) is 0 Å². The lowest BCUT2D eigenvalue weighted by molar-refractivity contribution is -0.122. The molecule has 0 amide bonds. The molecule has 0 bridgehead atoms. The van der Waals surface area contributed by atoms with Gasteiger partial charge in [-0.15, -0.1) is 0 Å². The third kappa shape index (κ3) is 3.57. The van der Waals surface area contributed by atoms with Crippen molar-refractivity contribution in [2.24, 2.45) is 52.3 Å². The van der Waals surface area contributed by atoms with Gasteiger partial charge in [-0.25, -0.2) is 0 Å². The Hall–Kier alpha value is -0.850. The van der Waals surface area contributed by atoms with E-state index in [9.17, 15) is 4.79 Å². The number of fused-ring (bicyclic) bond motifs is 5. The van der Waals surface area contributed by atoms with Gasteiger partial charge >= 0.3 is 0 Å². The lowest BCUT2D eigenvalue weighted by atomic mass is 9.47. The largest absolute Gasteiger partial charge is 0.299 e. The van der Waals surface area contributed by atoms with E-state index in [0.29, 0.717) is 22.5 Å². The van der Waals surface area contributed by atoms with Gasteiger partial charge in [-0.1, -0.05) is 65.3 Å². The zero-order chi connectivity index (χ0) is 21.7. The van der Waals surface area contributed by atoms with Crippen LogP contribution in [0.15, 0.2) is 23.8 Å². The summed E-state index contributed by atoms with van der Waals surface area (Å²) in [5.74, 6) is 6.04. The Morgan fingerprint density at radius 2 is 1.83 bits per heavy atom.